The van der Waals surface area contributed by atoms with Gasteiger partial charge in [-0.05, 0) is 38.1 Å². The highest BCUT2D eigenvalue weighted by Gasteiger charge is 2.12. The number of rotatable bonds is 9. The molecule has 0 spiro atoms. The van der Waals surface area contributed by atoms with Gasteiger partial charge in [0.15, 0.2) is 0 Å². The Bertz CT molecular complexity index is 144. The first-order valence-corrected chi connectivity index (χ1v) is 7.21. The molecular formula is C14H29NO. The zero-order valence-electron chi connectivity index (χ0n) is 10.8. The van der Waals surface area contributed by atoms with E-state index in [4.69, 9.17) is 10.5 Å². The maximum atomic E-state index is 5.75. The van der Waals surface area contributed by atoms with Crippen LogP contribution in [0.1, 0.15) is 64.2 Å². The summed E-state index contributed by atoms with van der Waals surface area (Å²) in [6.45, 7) is 2.83. The van der Waals surface area contributed by atoms with Gasteiger partial charge >= 0.3 is 0 Å². The molecule has 2 nitrogen and oxygen atoms in total. The van der Waals surface area contributed by atoms with E-state index in [2.05, 4.69) is 0 Å². The molecule has 1 aliphatic carbocycles. The van der Waals surface area contributed by atoms with Gasteiger partial charge in [0.1, 0.15) is 0 Å². The lowest BCUT2D eigenvalue weighted by Gasteiger charge is -2.21. The molecule has 0 saturated heterocycles. The van der Waals surface area contributed by atoms with E-state index < -0.39 is 0 Å². The average Bonchev–Trinajstić information content (AvgIpc) is 2.34. The Kier molecular flexibility index (Phi) is 8.83. The maximum Gasteiger partial charge on any atom is 0.0494 e. The van der Waals surface area contributed by atoms with Gasteiger partial charge in [-0.3, -0.25) is 0 Å². The Morgan fingerprint density at radius 1 is 0.875 bits per heavy atom. The summed E-state index contributed by atoms with van der Waals surface area (Å²) < 4.78 is 5.75. The Balaban J connectivity index is 1.77. The molecule has 96 valence electrons. The Labute approximate surface area is 101 Å². The van der Waals surface area contributed by atoms with Gasteiger partial charge < -0.3 is 10.5 Å². The molecule has 1 fully saturated rings. The molecule has 0 radical (unpaired) electrons. The summed E-state index contributed by atoms with van der Waals surface area (Å²) >= 11 is 0. The van der Waals surface area contributed by atoms with Crippen LogP contribution in [0, 0.1) is 5.92 Å². The lowest BCUT2D eigenvalue weighted by Crippen LogP contribution is -2.13. The molecule has 2 N–H and O–H groups in total. The van der Waals surface area contributed by atoms with Crippen LogP contribution in [0.3, 0.4) is 0 Å². The van der Waals surface area contributed by atoms with Crippen molar-refractivity contribution >= 4 is 0 Å². The lowest BCUT2D eigenvalue weighted by atomic mass is 9.90. The number of unbranched alkanes of at least 4 members (excludes halogenated alkanes) is 4. The predicted molar refractivity (Wildman–Crippen MR) is 69.5 cm³/mol. The number of nitrogens with two attached hydrogens (primary N) is 1. The predicted octanol–water partition coefficient (Wildman–Crippen LogP) is 3.49. The third-order valence-electron chi connectivity index (χ3n) is 3.57. The molecule has 0 aromatic heterocycles. The van der Waals surface area contributed by atoms with E-state index in [1.807, 2.05) is 0 Å². The van der Waals surface area contributed by atoms with Gasteiger partial charge in [0.25, 0.3) is 0 Å². The van der Waals surface area contributed by atoms with Crippen molar-refractivity contribution in [1.29, 1.82) is 0 Å². The van der Waals surface area contributed by atoms with Gasteiger partial charge in [0, 0.05) is 13.2 Å². The van der Waals surface area contributed by atoms with Crippen molar-refractivity contribution in [3.8, 4) is 0 Å². The normalized spacial score (nSPS) is 17.8. The molecule has 0 aliphatic heterocycles. The molecule has 0 amide bonds. The largest absolute Gasteiger partial charge is 0.381 e. The molecule has 0 aromatic rings. The van der Waals surface area contributed by atoms with Crippen LogP contribution in [0.4, 0.5) is 0 Å². The fourth-order valence-electron chi connectivity index (χ4n) is 2.48. The lowest BCUT2D eigenvalue weighted by molar-refractivity contribution is 0.0824. The zero-order chi connectivity index (χ0) is 11.5. The second-order valence-corrected chi connectivity index (χ2v) is 5.14. The van der Waals surface area contributed by atoms with E-state index >= 15 is 0 Å². The second kappa shape index (κ2) is 10.1. The van der Waals surface area contributed by atoms with Gasteiger partial charge in [-0.25, -0.2) is 0 Å². The van der Waals surface area contributed by atoms with Gasteiger partial charge in [0.05, 0.1) is 0 Å². The van der Waals surface area contributed by atoms with Crippen molar-refractivity contribution in [2.45, 2.75) is 64.2 Å². The Morgan fingerprint density at radius 2 is 1.56 bits per heavy atom. The van der Waals surface area contributed by atoms with Crippen molar-refractivity contribution in [1.82, 2.24) is 0 Å². The Hall–Kier alpha value is -0.0800. The number of hydrogen-bond donors (Lipinski definition) is 1. The van der Waals surface area contributed by atoms with Crippen LogP contribution in [0.5, 0.6) is 0 Å². The van der Waals surface area contributed by atoms with Crippen molar-refractivity contribution < 1.29 is 4.74 Å². The molecule has 0 bridgehead atoms. The van der Waals surface area contributed by atoms with Gasteiger partial charge in [-0.15, -0.1) is 0 Å². The van der Waals surface area contributed by atoms with Crippen molar-refractivity contribution in [3.63, 3.8) is 0 Å². The van der Waals surface area contributed by atoms with E-state index in [0.717, 1.165) is 25.7 Å². The summed E-state index contributed by atoms with van der Waals surface area (Å²) in [6.07, 6.45) is 13.4. The standard InChI is InChI=1S/C14H29NO/c15-11-7-2-1-3-8-12-16-13-14-9-5-4-6-10-14/h14H,1-13,15H2. The van der Waals surface area contributed by atoms with Crippen LogP contribution >= 0.6 is 0 Å². The fourth-order valence-corrected chi connectivity index (χ4v) is 2.48. The molecule has 1 saturated carbocycles. The van der Waals surface area contributed by atoms with E-state index in [9.17, 15) is 0 Å². The minimum atomic E-state index is 0.845. The van der Waals surface area contributed by atoms with E-state index in [0.29, 0.717) is 0 Å². The quantitative estimate of drug-likeness (QED) is 0.612. The minimum absolute atomic E-state index is 0.845. The van der Waals surface area contributed by atoms with E-state index in [1.54, 1.807) is 0 Å². The summed E-state index contributed by atoms with van der Waals surface area (Å²) in [7, 11) is 0. The summed E-state index contributed by atoms with van der Waals surface area (Å²) in [4.78, 5) is 0. The smallest absolute Gasteiger partial charge is 0.0494 e. The van der Waals surface area contributed by atoms with Crippen LogP contribution in [-0.4, -0.2) is 19.8 Å². The van der Waals surface area contributed by atoms with Crippen molar-refractivity contribution in [2.75, 3.05) is 19.8 Å². The molecule has 2 heteroatoms. The number of hydrogen-bond acceptors (Lipinski definition) is 2. The molecule has 0 atom stereocenters. The summed E-state index contributed by atoms with van der Waals surface area (Å²) in [5.41, 5.74) is 5.45. The summed E-state index contributed by atoms with van der Waals surface area (Å²) in [5, 5.41) is 0. The third kappa shape index (κ3) is 7.24. The van der Waals surface area contributed by atoms with Crippen LogP contribution in [0.15, 0.2) is 0 Å². The molecule has 1 rings (SSSR count). The SMILES string of the molecule is NCCCCCCCOCC1CCCCC1. The van der Waals surface area contributed by atoms with Crippen molar-refractivity contribution in [3.05, 3.63) is 0 Å². The minimum Gasteiger partial charge on any atom is -0.381 e. The van der Waals surface area contributed by atoms with Gasteiger partial charge in [0.2, 0.25) is 0 Å². The van der Waals surface area contributed by atoms with Gasteiger partial charge in [-0.2, -0.15) is 0 Å². The van der Waals surface area contributed by atoms with Crippen LogP contribution in [-0.2, 0) is 4.74 Å². The highest BCUT2D eigenvalue weighted by Crippen LogP contribution is 2.23. The molecule has 0 unspecified atom stereocenters. The molecule has 16 heavy (non-hydrogen) atoms. The van der Waals surface area contributed by atoms with Crippen LogP contribution < -0.4 is 5.73 Å². The second-order valence-electron chi connectivity index (χ2n) is 5.14. The van der Waals surface area contributed by atoms with Gasteiger partial charge in [-0.1, -0.05) is 38.5 Å². The first-order valence-electron chi connectivity index (χ1n) is 7.21. The highest BCUT2D eigenvalue weighted by atomic mass is 16.5. The van der Waals surface area contributed by atoms with Crippen LogP contribution in [0.2, 0.25) is 0 Å². The maximum absolute atomic E-state index is 5.75. The summed E-state index contributed by atoms with van der Waals surface area (Å²) in [6, 6.07) is 0. The molecule has 1 aliphatic rings. The highest BCUT2D eigenvalue weighted by molar-refractivity contribution is 4.64. The van der Waals surface area contributed by atoms with E-state index in [1.165, 1.54) is 64.2 Å². The van der Waals surface area contributed by atoms with E-state index in [-0.39, 0.29) is 0 Å². The molecular weight excluding hydrogens is 198 g/mol. The summed E-state index contributed by atoms with van der Waals surface area (Å²) in [5.74, 6) is 0.867. The monoisotopic (exact) mass is 227 g/mol. The fraction of sp³-hybridized carbons (Fsp3) is 1.00. The molecule has 0 heterocycles. The topological polar surface area (TPSA) is 35.2 Å². The Morgan fingerprint density at radius 3 is 2.31 bits per heavy atom. The van der Waals surface area contributed by atoms with Crippen LogP contribution in [0.25, 0.3) is 0 Å². The molecule has 0 aromatic carbocycles. The van der Waals surface area contributed by atoms with Crippen molar-refractivity contribution in [2.24, 2.45) is 11.7 Å². The zero-order valence-corrected chi connectivity index (χ0v) is 10.8. The average molecular weight is 227 g/mol. The third-order valence-corrected chi connectivity index (χ3v) is 3.57. The first kappa shape index (κ1) is 14.0. The first-order chi connectivity index (χ1) is 7.93. The number of ether oxygens (including phenoxy) is 1.